The molecule has 0 saturated carbocycles. The molecule has 0 amide bonds. The van der Waals surface area contributed by atoms with Crippen LogP contribution in [0, 0.1) is 0 Å². The first kappa shape index (κ1) is 18.6. The number of nitrogens with zero attached hydrogens (tertiary/aromatic N) is 1. The van der Waals surface area contributed by atoms with Gasteiger partial charge in [0.25, 0.3) is 0 Å². The van der Waals surface area contributed by atoms with E-state index in [0.29, 0.717) is 19.1 Å². The molecule has 1 rings (SSSR count). The summed E-state index contributed by atoms with van der Waals surface area (Å²) in [5, 5.41) is 21.7. The van der Waals surface area contributed by atoms with Crippen molar-refractivity contribution in [3.05, 3.63) is 34.3 Å². The molecule has 1 unspecified atom stereocenters. The van der Waals surface area contributed by atoms with Crippen molar-refractivity contribution in [2.45, 2.75) is 25.8 Å². The molecule has 1 aromatic carbocycles. The zero-order chi connectivity index (χ0) is 15.5. The first-order chi connectivity index (χ1) is 10.2. The zero-order valence-electron chi connectivity index (χ0n) is 12.8. The Morgan fingerprint density at radius 3 is 2.24 bits per heavy atom. The van der Waals surface area contributed by atoms with Crippen molar-refractivity contribution in [2.24, 2.45) is 0 Å². The van der Waals surface area contributed by atoms with E-state index in [-0.39, 0.29) is 13.2 Å². The first-order valence-electron chi connectivity index (χ1n) is 7.64. The Bertz CT molecular complexity index is 367. The van der Waals surface area contributed by atoms with E-state index >= 15 is 0 Å². The van der Waals surface area contributed by atoms with E-state index in [9.17, 15) is 0 Å². The number of benzene rings is 1. The smallest absolute Gasteiger partial charge is 0.0558 e. The first-order valence-corrected chi connectivity index (χ1v) is 8.43. The molecule has 0 aliphatic carbocycles. The van der Waals surface area contributed by atoms with E-state index in [0.717, 1.165) is 30.4 Å². The summed E-state index contributed by atoms with van der Waals surface area (Å²) in [6, 6.07) is 8.71. The van der Waals surface area contributed by atoms with Crippen LogP contribution in [0.4, 0.5) is 0 Å². The summed E-state index contributed by atoms with van der Waals surface area (Å²) >= 11 is 3.47. The third kappa shape index (κ3) is 7.38. The molecule has 120 valence electrons. The molecule has 0 bridgehead atoms. The summed E-state index contributed by atoms with van der Waals surface area (Å²) in [6.07, 6.45) is 2.06. The standard InChI is InChI=1S/C16H27BrN2O2/c1-2-8-18-16(14-3-5-15(17)6-4-14)7-9-19(10-12-20)11-13-21/h3-6,16,18,20-21H,2,7-13H2,1H3. The molecule has 0 saturated heterocycles. The fraction of sp³-hybridized carbons (Fsp3) is 0.625. The Kier molecular flexibility index (Phi) is 9.87. The van der Waals surface area contributed by atoms with Crippen molar-refractivity contribution >= 4 is 15.9 Å². The minimum atomic E-state index is 0.130. The second-order valence-corrected chi connectivity index (χ2v) is 6.05. The SMILES string of the molecule is CCCNC(CCN(CCO)CCO)c1ccc(Br)cc1. The normalized spacial score (nSPS) is 12.8. The van der Waals surface area contributed by atoms with E-state index in [1.54, 1.807) is 0 Å². The van der Waals surface area contributed by atoms with E-state index in [1.807, 2.05) is 0 Å². The van der Waals surface area contributed by atoms with Gasteiger partial charge in [0.15, 0.2) is 0 Å². The number of halogens is 1. The highest BCUT2D eigenvalue weighted by Crippen LogP contribution is 2.20. The molecule has 5 heteroatoms. The highest BCUT2D eigenvalue weighted by molar-refractivity contribution is 9.10. The second kappa shape index (κ2) is 11.2. The Hall–Kier alpha value is -0.460. The summed E-state index contributed by atoms with van der Waals surface area (Å²) in [5.74, 6) is 0. The van der Waals surface area contributed by atoms with Gasteiger partial charge in [-0.05, 0) is 37.1 Å². The summed E-state index contributed by atoms with van der Waals surface area (Å²) < 4.78 is 1.09. The maximum atomic E-state index is 9.07. The average molecular weight is 359 g/mol. The fourth-order valence-corrected chi connectivity index (χ4v) is 2.59. The van der Waals surface area contributed by atoms with Crippen LogP contribution in [0.25, 0.3) is 0 Å². The Balaban J connectivity index is 2.62. The van der Waals surface area contributed by atoms with Crippen molar-refractivity contribution in [1.29, 1.82) is 0 Å². The number of nitrogens with one attached hydrogen (secondary N) is 1. The lowest BCUT2D eigenvalue weighted by Crippen LogP contribution is -2.33. The van der Waals surface area contributed by atoms with E-state index in [4.69, 9.17) is 10.2 Å². The van der Waals surface area contributed by atoms with Crippen molar-refractivity contribution < 1.29 is 10.2 Å². The van der Waals surface area contributed by atoms with Gasteiger partial charge in [-0.2, -0.15) is 0 Å². The molecule has 1 atom stereocenters. The van der Waals surface area contributed by atoms with Crippen molar-refractivity contribution in [3.8, 4) is 0 Å². The molecule has 3 N–H and O–H groups in total. The van der Waals surface area contributed by atoms with Crippen LogP contribution >= 0.6 is 15.9 Å². The molecule has 4 nitrogen and oxygen atoms in total. The van der Waals surface area contributed by atoms with E-state index < -0.39 is 0 Å². The molecule has 0 aromatic heterocycles. The number of hydrogen-bond acceptors (Lipinski definition) is 4. The van der Waals surface area contributed by atoms with Gasteiger partial charge in [-0.15, -0.1) is 0 Å². The summed E-state index contributed by atoms with van der Waals surface area (Å²) in [4.78, 5) is 2.10. The quantitative estimate of drug-likeness (QED) is 0.567. The zero-order valence-corrected chi connectivity index (χ0v) is 14.3. The molecule has 21 heavy (non-hydrogen) atoms. The number of rotatable bonds is 11. The molecule has 0 spiro atoms. The van der Waals surface area contributed by atoms with Crippen LogP contribution in [0.5, 0.6) is 0 Å². The molecular weight excluding hydrogens is 332 g/mol. The van der Waals surface area contributed by atoms with Gasteiger partial charge < -0.3 is 15.5 Å². The van der Waals surface area contributed by atoms with Crippen LogP contribution < -0.4 is 5.32 Å². The van der Waals surface area contributed by atoms with Crippen LogP contribution in [0.2, 0.25) is 0 Å². The monoisotopic (exact) mass is 358 g/mol. The van der Waals surface area contributed by atoms with Gasteiger partial charge in [0, 0.05) is 30.1 Å². The van der Waals surface area contributed by atoms with Gasteiger partial charge in [0.2, 0.25) is 0 Å². The van der Waals surface area contributed by atoms with Crippen molar-refractivity contribution in [2.75, 3.05) is 39.4 Å². The molecule has 0 radical (unpaired) electrons. The molecule has 0 aliphatic rings. The van der Waals surface area contributed by atoms with Crippen LogP contribution in [-0.4, -0.2) is 54.5 Å². The lowest BCUT2D eigenvalue weighted by atomic mass is 10.0. The third-order valence-electron chi connectivity index (χ3n) is 3.48. The van der Waals surface area contributed by atoms with Crippen LogP contribution in [0.3, 0.4) is 0 Å². The van der Waals surface area contributed by atoms with Gasteiger partial charge in [-0.1, -0.05) is 35.0 Å². The van der Waals surface area contributed by atoms with Gasteiger partial charge in [0.1, 0.15) is 0 Å². The molecule has 0 aliphatic heterocycles. The summed E-state index contributed by atoms with van der Waals surface area (Å²) in [7, 11) is 0. The fourth-order valence-electron chi connectivity index (χ4n) is 2.33. The van der Waals surface area contributed by atoms with E-state index in [2.05, 4.69) is 57.3 Å². The van der Waals surface area contributed by atoms with Crippen molar-refractivity contribution in [1.82, 2.24) is 10.2 Å². The average Bonchev–Trinajstić information content (AvgIpc) is 2.49. The number of aliphatic hydroxyl groups is 2. The Morgan fingerprint density at radius 1 is 1.10 bits per heavy atom. The lowest BCUT2D eigenvalue weighted by Gasteiger charge is -2.25. The minimum absolute atomic E-state index is 0.130. The maximum absolute atomic E-state index is 9.07. The second-order valence-electron chi connectivity index (χ2n) is 5.14. The lowest BCUT2D eigenvalue weighted by molar-refractivity contribution is 0.156. The third-order valence-corrected chi connectivity index (χ3v) is 4.01. The molecular formula is C16H27BrN2O2. The Morgan fingerprint density at radius 2 is 1.71 bits per heavy atom. The summed E-state index contributed by atoms with van der Waals surface area (Å²) in [6.45, 7) is 5.49. The molecule has 0 heterocycles. The predicted octanol–water partition coefficient (Wildman–Crippen LogP) is 2.17. The van der Waals surface area contributed by atoms with Crippen LogP contribution in [-0.2, 0) is 0 Å². The van der Waals surface area contributed by atoms with Crippen molar-refractivity contribution in [3.63, 3.8) is 0 Å². The van der Waals surface area contributed by atoms with Crippen LogP contribution in [0.1, 0.15) is 31.4 Å². The topological polar surface area (TPSA) is 55.7 Å². The summed E-state index contributed by atoms with van der Waals surface area (Å²) in [5.41, 5.74) is 1.28. The minimum Gasteiger partial charge on any atom is -0.395 e. The largest absolute Gasteiger partial charge is 0.395 e. The maximum Gasteiger partial charge on any atom is 0.0558 e. The number of hydrogen-bond donors (Lipinski definition) is 3. The van der Waals surface area contributed by atoms with Gasteiger partial charge in [0.05, 0.1) is 13.2 Å². The van der Waals surface area contributed by atoms with Gasteiger partial charge >= 0.3 is 0 Å². The number of aliphatic hydroxyl groups excluding tert-OH is 2. The van der Waals surface area contributed by atoms with Gasteiger partial charge in [-0.25, -0.2) is 0 Å². The Labute approximate surface area is 136 Å². The highest BCUT2D eigenvalue weighted by Gasteiger charge is 2.13. The molecule has 0 fully saturated rings. The van der Waals surface area contributed by atoms with Crippen LogP contribution in [0.15, 0.2) is 28.7 Å². The predicted molar refractivity (Wildman–Crippen MR) is 90.4 cm³/mol. The highest BCUT2D eigenvalue weighted by atomic mass is 79.9. The van der Waals surface area contributed by atoms with E-state index in [1.165, 1.54) is 5.56 Å². The van der Waals surface area contributed by atoms with Gasteiger partial charge in [-0.3, -0.25) is 4.90 Å². The molecule has 1 aromatic rings.